The van der Waals surface area contributed by atoms with Crippen molar-refractivity contribution in [3.05, 3.63) is 53.6 Å². The van der Waals surface area contributed by atoms with Gasteiger partial charge >= 0.3 is 5.97 Å². The van der Waals surface area contributed by atoms with E-state index < -0.39 is 5.97 Å². The lowest BCUT2D eigenvalue weighted by Gasteiger charge is -2.11. The molecule has 8 heteroatoms. The Morgan fingerprint density at radius 2 is 1.74 bits per heavy atom. The molecule has 8 nitrogen and oxygen atoms in total. The van der Waals surface area contributed by atoms with Crippen LogP contribution < -0.4 is 15.2 Å². The van der Waals surface area contributed by atoms with Crippen LogP contribution in [-0.2, 0) is 17.7 Å². The second kappa shape index (κ2) is 9.99. The molecule has 0 aliphatic rings. The van der Waals surface area contributed by atoms with Gasteiger partial charge in [-0.2, -0.15) is 0 Å². The van der Waals surface area contributed by atoms with Gasteiger partial charge < -0.3 is 24.5 Å². The van der Waals surface area contributed by atoms with Crippen molar-refractivity contribution in [1.82, 2.24) is 14.5 Å². The number of aryl methyl sites for hydroxylation is 2. The lowest BCUT2D eigenvalue weighted by molar-refractivity contribution is 0.0491. The minimum Gasteiger partial charge on any atom is -0.493 e. The van der Waals surface area contributed by atoms with E-state index in [9.17, 15) is 4.79 Å². The van der Waals surface area contributed by atoms with E-state index >= 15 is 0 Å². The van der Waals surface area contributed by atoms with Gasteiger partial charge in [-0.05, 0) is 48.6 Å². The molecule has 2 heterocycles. The summed E-state index contributed by atoms with van der Waals surface area (Å²) in [5.74, 6) is 1.58. The number of esters is 1. The first kappa shape index (κ1) is 23.4. The molecule has 0 spiro atoms. The second-order valence-corrected chi connectivity index (χ2v) is 8.55. The number of benzene rings is 2. The number of carbonyl (C=O) groups is 1. The van der Waals surface area contributed by atoms with Crippen LogP contribution in [0.5, 0.6) is 11.5 Å². The van der Waals surface area contributed by atoms with Crippen molar-refractivity contribution in [3.63, 3.8) is 0 Å². The summed E-state index contributed by atoms with van der Waals surface area (Å²) in [6.45, 7) is 5.00. The molecule has 0 fully saturated rings. The Balaban J connectivity index is 1.72. The molecule has 0 saturated heterocycles. The molecule has 0 aliphatic heterocycles. The molecule has 0 radical (unpaired) electrons. The van der Waals surface area contributed by atoms with Gasteiger partial charge in [0.25, 0.3) is 0 Å². The van der Waals surface area contributed by atoms with E-state index in [1.165, 1.54) is 0 Å². The predicted octanol–water partition coefficient (Wildman–Crippen LogP) is 4.63. The SMILES string of the molecule is COc1ccc(CCn2c(N)c(C(=O)OCCC(C)C)c3nc4ccccc4nc32)cc1OC. The van der Waals surface area contributed by atoms with E-state index in [2.05, 4.69) is 13.8 Å². The van der Waals surface area contributed by atoms with Crippen LogP contribution in [0.25, 0.3) is 22.2 Å². The molecule has 4 rings (SSSR count). The van der Waals surface area contributed by atoms with Crippen LogP contribution in [0.2, 0.25) is 0 Å². The molecule has 4 aromatic rings. The Labute approximate surface area is 198 Å². The minimum absolute atomic E-state index is 0.268. The molecule has 0 amide bonds. The van der Waals surface area contributed by atoms with Crippen LogP contribution in [0, 0.1) is 5.92 Å². The van der Waals surface area contributed by atoms with E-state index in [-0.39, 0.29) is 5.56 Å². The minimum atomic E-state index is -0.474. The molecular formula is C26H30N4O4. The van der Waals surface area contributed by atoms with Gasteiger partial charge in [-0.15, -0.1) is 0 Å². The number of rotatable bonds is 9. The Hall–Kier alpha value is -3.81. The molecule has 178 valence electrons. The number of fused-ring (bicyclic) bond motifs is 2. The van der Waals surface area contributed by atoms with Crippen LogP contribution in [0.4, 0.5) is 5.82 Å². The number of anilines is 1. The monoisotopic (exact) mass is 462 g/mol. The number of aromatic nitrogens is 3. The summed E-state index contributed by atoms with van der Waals surface area (Å²) >= 11 is 0. The molecule has 2 aromatic carbocycles. The van der Waals surface area contributed by atoms with E-state index in [4.69, 9.17) is 29.9 Å². The fraction of sp³-hybridized carbons (Fsp3) is 0.346. The third-order valence-corrected chi connectivity index (χ3v) is 5.80. The highest BCUT2D eigenvalue weighted by atomic mass is 16.5. The maximum Gasteiger partial charge on any atom is 0.344 e. The molecule has 0 aliphatic carbocycles. The average molecular weight is 463 g/mol. The summed E-state index contributed by atoms with van der Waals surface area (Å²) in [6.07, 6.45) is 1.42. The zero-order valence-corrected chi connectivity index (χ0v) is 20.0. The first-order chi connectivity index (χ1) is 16.4. The Morgan fingerprint density at radius 3 is 2.41 bits per heavy atom. The molecule has 2 aromatic heterocycles. The Kier molecular flexibility index (Phi) is 6.86. The highest BCUT2D eigenvalue weighted by Gasteiger charge is 2.25. The van der Waals surface area contributed by atoms with Crippen molar-refractivity contribution < 1.29 is 19.0 Å². The maximum atomic E-state index is 13.0. The van der Waals surface area contributed by atoms with E-state index in [0.29, 0.717) is 59.5 Å². The van der Waals surface area contributed by atoms with Crippen LogP contribution in [-0.4, -0.2) is 41.3 Å². The van der Waals surface area contributed by atoms with Crippen molar-refractivity contribution >= 4 is 34.0 Å². The highest BCUT2D eigenvalue weighted by Crippen LogP contribution is 2.31. The quantitative estimate of drug-likeness (QED) is 0.362. The number of methoxy groups -OCH3 is 2. The van der Waals surface area contributed by atoms with Crippen LogP contribution in [0.1, 0.15) is 36.2 Å². The van der Waals surface area contributed by atoms with E-state index in [0.717, 1.165) is 17.5 Å². The number of hydrogen-bond donors (Lipinski definition) is 1. The lowest BCUT2D eigenvalue weighted by atomic mass is 10.1. The number of nitrogens with two attached hydrogens (primary N) is 1. The van der Waals surface area contributed by atoms with Gasteiger partial charge in [-0.3, -0.25) is 0 Å². The number of nitrogens with zero attached hydrogens (tertiary/aromatic N) is 3. The molecule has 0 bridgehead atoms. The summed E-state index contributed by atoms with van der Waals surface area (Å²) in [4.78, 5) is 22.5. The third kappa shape index (κ3) is 4.62. The Bertz CT molecular complexity index is 1330. The summed E-state index contributed by atoms with van der Waals surface area (Å²) in [5.41, 5.74) is 10.3. The first-order valence-electron chi connectivity index (χ1n) is 11.4. The molecule has 34 heavy (non-hydrogen) atoms. The van der Waals surface area contributed by atoms with Gasteiger partial charge in [0.2, 0.25) is 0 Å². The molecule has 0 atom stereocenters. The standard InChI is InChI=1S/C26H30N4O4/c1-16(2)12-14-34-26(31)22-23-25(29-19-8-6-5-7-18(19)28-23)30(24(22)27)13-11-17-9-10-20(32-3)21(15-17)33-4/h5-10,15-16H,11-14,27H2,1-4H3. The average Bonchev–Trinajstić information content (AvgIpc) is 3.10. The fourth-order valence-electron chi connectivity index (χ4n) is 3.88. The maximum absolute atomic E-state index is 13.0. The van der Waals surface area contributed by atoms with Crippen LogP contribution >= 0.6 is 0 Å². The number of hydrogen-bond acceptors (Lipinski definition) is 7. The number of carbonyl (C=O) groups excluding carboxylic acids is 1. The Morgan fingerprint density at radius 1 is 1.03 bits per heavy atom. The second-order valence-electron chi connectivity index (χ2n) is 8.55. The largest absolute Gasteiger partial charge is 0.493 e. The van der Waals surface area contributed by atoms with Crippen molar-refractivity contribution in [1.29, 1.82) is 0 Å². The van der Waals surface area contributed by atoms with Gasteiger partial charge in [0.05, 0.1) is 31.9 Å². The molecule has 2 N–H and O–H groups in total. The zero-order valence-electron chi connectivity index (χ0n) is 20.0. The molecule has 0 unspecified atom stereocenters. The molecular weight excluding hydrogens is 432 g/mol. The summed E-state index contributed by atoms with van der Waals surface area (Å²) in [6, 6.07) is 13.3. The summed E-state index contributed by atoms with van der Waals surface area (Å²) in [5, 5.41) is 0. The fourth-order valence-corrected chi connectivity index (χ4v) is 3.88. The first-order valence-corrected chi connectivity index (χ1v) is 11.4. The smallest absolute Gasteiger partial charge is 0.344 e. The lowest BCUT2D eigenvalue weighted by Crippen LogP contribution is -2.12. The van der Waals surface area contributed by atoms with E-state index in [1.807, 2.05) is 47.0 Å². The van der Waals surface area contributed by atoms with Gasteiger partial charge in [0, 0.05) is 6.54 Å². The normalized spacial score (nSPS) is 11.3. The van der Waals surface area contributed by atoms with Crippen molar-refractivity contribution in [2.24, 2.45) is 5.92 Å². The van der Waals surface area contributed by atoms with Crippen LogP contribution in [0.15, 0.2) is 42.5 Å². The van der Waals surface area contributed by atoms with Crippen molar-refractivity contribution in [3.8, 4) is 11.5 Å². The highest BCUT2D eigenvalue weighted by molar-refractivity contribution is 6.08. The molecule has 0 saturated carbocycles. The van der Waals surface area contributed by atoms with Crippen LogP contribution in [0.3, 0.4) is 0 Å². The van der Waals surface area contributed by atoms with Crippen molar-refractivity contribution in [2.75, 3.05) is 26.6 Å². The predicted molar refractivity (Wildman–Crippen MR) is 132 cm³/mol. The number of ether oxygens (including phenoxy) is 3. The van der Waals surface area contributed by atoms with Crippen molar-refractivity contribution in [2.45, 2.75) is 33.2 Å². The van der Waals surface area contributed by atoms with Gasteiger partial charge in [-0.25, -0.2) is 14.8 Å². The number of para-hydroxylation sites is 2. The summed E-state index contributed by atoms with van der Waals surface area (Å²) < 4.78 is 18.1. The summed E-state index contributed by atoms with van der Waals surface area (Å²) in [7, 11) is 3.21. The zero-order chi connectivity index (χ0) is 24.2. The third-order valence-electron chi connectivity index (χ3n) is 5.80. The van der Waals surface area contributed by atoms with Gasteiger partial charge in [0.15, 0.2) is 17.1 Å². The van der Waals surface area contributed by atoms with E-state index in [1.54, 1.807) is 14.2 Å². The topological polar surface area (TPSA) is 101 Å². The number of nitrogen functional groups attached to an aromatic ring is 1. The van der Waals surface area contributed by atoms with Gasteiger partial charge in [-0.1, -0.05) is 32.0 Å². The van der Waals surface area contributed by atoms with Gasteiger partial charge in [0.1, 0.15) is 16.9 Å².